The maximum absolute atomic E-state index is 2.62. The van der Waals surface area contributed by atoms with Crippen molar-refractivity contribution in [1.82, 2.24) is 0 Å². The third-order valence-corrected chi connectivity index (χ3v) is 22.8. The Morgan fingerprint density at radius 2 is 0.857 bits per heavy atom. The van der Waals surface area contributed by atoms with Crippen LogP contribution in [0.2, 0.25) is 68.0 Å². The largest absolute Gasteiger partial charge is 0.0984 e. The van der Waals surface area contributed by atoms with E-state index in [1.54, 1.807) is 36.3 Å². The molecular weight excluding hydrogens is 469 g/mol. The van der Waals surface area contributed by atoms with Crippen LogP contribution < -0.4 is 0 Å². The molecule has 208 valence electrons. The number of allylic oxidation sites excluding steroid dienone is 1. The van der Waals surface area contributed by atoms with E-state index in [9.17, 15) is 0 Å². The molecule has 0 spiro atoms. The molecule has 0 N–H and O–H groups in total. The van der Waals surface area contributed by atoms with Crippen LogP contribution in [0, 0.1) is 16.2 Å². The van der Waals surface area contributed by atoms with Gasteiger partial charge in [-0.1, -0.05) is 175 Å². The molecule has 3 heteroatoms. The van der Waals surface area contributed by atoms with Crippen molar-refractivity contribution >= 4 is 24.2 Å². The standard InChI is InChI=1S/C11H24Si.C11H22Si.C10H22Si/c2*1-11(2,3)10-12(4)8-6-5-7-9-12;1-10(2,3)9-11(4)7-5-6-8-11/h5-10H2,1-4H3;6,8H,5,7,9-10H2,1-4H3;5-9H2,1-4H3. The maximum atomic E-state index is 2.62. The highest BCUT2D eigenvalue weighted by molar-refractivity contribution is 6.83. The lowest BCUT2D eigenvalue weighted by molar-refractivity contribution is 0.455. The molecule has 0 aromatic carbocycles. The van der Waals surface area contributed by atoms with E-state index in [-0.39, 0.29) is 0 Å². The molecule has 2 saturated heterocycles. The molecule has 1 unspecified atom stereocenters. The Morgan fingerprint density at radius 1 is 0.486 bits per heavy atom. The minimum absolute atomic E-state index is 0.530. The zero-order valence-corrected chi connectivity index (χ0v) is 29.8. The highest BCUT2D eigenvalue weighted by Gasteiger charge is 2.35. The number of hydrogen-bond donors (Lipinski definition) is 0. The second-order valence-electron chi connectivity index (χ2n) is 17.6. The smallest absolute Gasteiger partial charge is 0.0748 e. The Labute approximate surface area is 226 Å². The lowest BCUT2D eigenvalue weighted by Gasteiger charge is -2.37. The predicted octanol–water partition coefficient (Wildman–Crippen LogP) is 12.2. The van der Waals surface area contributed by atoms with Gasteiger partial charge in [-0.2, -0.15) is 0 Å². The van der Waals surface area contributed by atoms with Crippen molar-refractivity contribution in [2.75, 3.05) is 0 Å². The van der Waals surface area contributed by atoms with Crippen LogP contribution in [0.1, 0.15) is 107 Å². The monoisotopic (exact) mass is 536 g/mol. The molecule has 3 heterocycles. The molecule has 3 aliphatic heterocycles. The van der Waals surface area contributed by atoms with Crippen LogP contribution >= 0.6 is 0 Å². The summed E-state index contributed by atoms with van der Waals surface area (Å²) in [6.07, 6.45) is 12.8. The third-order valence-electron chi connectivity index (χ3n) is 8.36. The van der Waals surface area contributed by atoms with Gasteiger partial charge in [-0.25, -0.2) is 0 Å². The minimum atomic E-state index is -0.953. The quantitative estimate of drug-likeness (QED) is 0.314. The van der Waals surface area contributed by atoms with E-state index in [1.807, 2.05) is 0 Å². The highest BCUT2D eigenvalue weighted by Crippen LogP contribution is 2.40. The zero-order valence-electron chi connectivity index (χ0n) is 26.8. The number of rotatable bonds is 3. The summed E-state index contributed by atoms with van der Waals surface area (Å²) in [6.45, 7) is 29.3. The van der Waals surface area contributed by atoms with Gasteiger partial charge in [-0.3, -0.25) is 0 Å². The summed E-state index contributed by atoms with van der Waals surface area (Å²) in [4.78, 5) is 0. The Kier molecular flexibility index (Phi) is 12.8. The summed E-state index contributed by atoms with van der Waals surface area (Å²) in [5.74, 6) is 0. The van der Waals surface area contributed by atoms with Gasteiger partial charge < -0.3 is 0 Å². The average molecular weight is 537 g/mol. The summed E-state index contributed by atoms with van der Waals surface area (Å²) in [7, 11) is -2.45. The van der Waals surface area contributed by atoms with Crippen molar-refractivity contribution in [1.29, 1.82) is 0 Å². The van der Waals surface area contributed by atoms with E-state index >= 15 is 0 Å². The Hall–Kier alpha value is 0.391. The Bertz CT molecular complexity index is 617. The molecule has 2 fully saturated rings. The van der Waals surface area contributed by atoms with Crippen molar-refractivity contribution in [2.45, 2.75) is 175 Å². The minimum Gasteiger partial charge on any atom is -0.0984 e. The molecule has 0 aromatic heterocycles. The summed E-state index contributed by atoms with van der Waals surface area (Å²) in [6, 6.07) is 12.5. The third kappa shape index (κ3) is 16.1. The molecule has 0 aliphatic carbocycles. The van der Waals surface area contributed by atoms with Crippen molar-refractivity contribution in [3.63, 3.8) is 0 Å². The van der Waals surface area contributed by atoms with Crippen LogP contribution in [0.5, 0.6) is 0 Å². The van der Waals surface area contributed by atoms with Gasteiger partial charge in [0.05, 0.1) is 24.2 Å². The fraction of sp³-hybridized carbons (Fsp3) is 0.938. The Morgan fingerprint density at radius 3 is 1.17 bits per heavy atom. The molecule has 0 aromatic rings. The lowest BCUT2D eigenvalue weighted by Crippen LogP contribution is -2.36. The van der Waals surface area contributed by atoms with Gasteiger partial charge in [0, 0.05) is 0 Å². The van der Waals surface area contributed by atoms with Gasteiger partial charge in [0.25, 0.3) is 0 Å². The van der Waals surface area contributed by atoms with Crippen LogP contribution in [0.4, 0.5) is 0 Å². The molecule has 0 saturated carbocycles. The molecular formula is C32H68Si3. The first-order valence-corrected chi connectivity index (χ1v) is 24.7. The molecule has 3 rings (SSSR count). The number of hydrogen-bond acceptors (Lipinski definition) is 0. The average Bonchev–Trinajstić information content (AvgIpc) is 3.04. The lowest BCUT2D eigenvalue weighted by atomic mass is 10.0. The van der Waals surface area contributed by atoms with Gasteiger partial charge in [-0.05, 0) is 28.7 Å². The summed E-state index contributed by atoms with van der Waals surface area (Å²) >= 11 is 0. The van der Waals surface area contributed by atoms with Crippen LogP contribution in [-0.4, -0.2) is 24.2 Å². The summed E-state index contributed by atoms with van der Waals surface area (Å²) in [5.41, 5.74) is 4.27. The highest BCUT2D eigenvalue weighted by atomic mass is 28.3. The van der Waals surface area contributed by atoms with Crippen molar-refractivity contribution in [2.24, 2.45) is 16.2 Å². The van der Waals surface area contributed by atoms with Crippen molar-refractivity contribution in [3.8, 4) is 0 Å². The second kappa shape index (κ2) is 13.5. The molecule has 3 aliphatic rings. The van der Waals surface area contributed by atoms with Crippen LogP contribution in [-0.2, 0) is 0 Å². The van der Waals surface area contributed by atoms with E-state index in [2.05, 4.69) is 93.7 Å². The van der Waals surface area contributed by atoms with Crippen LogP contribution in [0.25, 0.3) is 0 Å². The van der Waals surface area contributed by atoms with Gasteiger partial charge in [-0.15, -0.1) is 0 Å². The molecule has 0 amide bonds. The van der Waals surface area contributed by atoms with E-state index < -0.39 is 24.2 Å². The van der Waals surface area contributed by atoms with Gasteiger partial charge >= 0.3 is 0 Å². The van der Waals surface area contributed by atoms with Crippen molar-refractivity contribution < 1.29 is 0 Å². The zero-order chi connectivity index (χ0) is 27.0. The van der Waals surface area contributed by atoms with Gasteiger partial charge in [0.1, 0.15) is 0 Å². The molecule has 0 bridgehead atoms. The predicted molar refractivity (Wildman–Crippen MR) is 173 cm³/mol. The molecule has 35 heavy (non-hydrogen) atoms. The summed E-state index contributed by atoms with van der Waals surface area (Å²) < 4.78 is 0. The van der Waals surface area contributed by atoms with Crippen molar-refractivity contribution in [3.05, 3.63) is 11.8 Å². The topological polar surface area (TPSA) is 0 Å². The molecule has 1 atom stereocenters. The van der Waals surface area contributed by atoms with Gasteiger partial charge in [0.2, 0.25) is 0 Å². The first kappa shape index (κ1) is 33.4. The van der Waals surface area contributed by atoms with E-state index in [4.69, 9.17) is 0 Å². The van der Waals surface area contributed by atoms with E-state index in [0.717, 1.165) is 0 Å². The van der Waals surface area contributed by atoms with Crippen LogP contribution in [0.3, 0.4) is 0 Å². The first-order chi connectivity index (χ1) is 15.7. The normalized spacial score (nSPS) is 26.3. The fourth-order valence-corrected chi connectivity index (χ4v) is 23.4. The molecule has 0 nitrogen and oxygen atoms in total. The first-order valence-electron chi connectivity index (χ1n) is 15.4. The molecule has 0 radical (unpaired) electrons. The SMILES string of the molecule is CC(C)(C)C[Si]1(C)C=CCCC1.CC(C)(C)C[Si]1(C)CCCC1.CC(C)(C)C[Si]1(C)CCCCC1. The van der Waals surface area contributed by atoms with Crippen LogP contribution in [0.15, 0.2) is 11.8 Å². The fourth-order valence-electron chi connectivity index (χ4n) is 7.98. The summed E-state index contributed by atoms with van der Waals surface area (Å²) in [5, 5.41) is 0. The maximum Gasteiger partial charge on any atom is 0.0748 e. The van der Waals surface area contributed by atoms with Gasteiger partial charge in [0.15, 0.2) is 0 Å². The van der Waals surface area contributed by atoms with E-state index in [0.29, 0.717) is 16.2 Å². The van der Waals surface area contributed by atoms with E-state index in [1.165, 1.54) is 57.0 Å². The second-order valence-corrected chi connectivity index (χ2v) is 32.0. The Balaban J connectivity index is 0.000000263.